The van der Waals surface area contributed by atoms with Gasteiger partial charge in [-0.15, -0.1) is 0 Å². The van der Waals surface area contributed by atoms with Gasteiger partial charge in [-0.25, -0.2) is 4.79 Å². The zero-order valence-electron chi connectivity index (χ0n) is 25.5. The minimum Gasteiger partial charge on any atom is -0.458 e. The van der Waals surface area contributed by atoms with E-state index < -0.39 is 64.6 Å². The number of hydrogen-bond donors (Lipinski definition) is 3. The molecule has 0 saturated heterocycles. The number of Topliss-reactive ketones (excluding diaryl/α,β-unsaturated/α-hetero) is 1. The van der Waals surface area contributed by atoms with Crippen molar-refractivity contribution in [3.8, 4) is 0 Å². The number of esters is 2. The van der Waals surface area contributed by atoms with Crippen LogP contribution in [0.15, 0.2) is 27.8 Å². The summed E-state index contributed by atoms with van der Waals surface area (Å²) in [7, 11) is 0. The van der Waals surface area contributed by atoms with Gasteiger partial charge in [0.15, 0.2) is 11.5 Å². The minimum atomic E-state index is -2.32. The van der Waals surface area contributed by atoms with Gasteiger partial charge in [0.05, 0.1) is 11.1 Å². The van der Waals surface area contributed by atoms with E-state index in [0.29, 0.717) is 36.3 Å². The summed E-state index contributed by atoms with van der Waals surface area (Å²) in [5, 5.41) is 39.5. The topological polar surface area (TPSA) is 156 Å². The molecule has 0 radical (unpaired) electrons. The lowest BCUT2D eigenvalue weighted by atomic mass is 9.59. The summed E-state index contributed by atoms with van der Waals surface area (Å²) in [4.78, 5) is 40.8. The molecule has 2 saturated carbocycles. The second kappa shape index (κ2) is 10.1. The van der Waals surface area contributed by atoms with Crippen molar-refractivity contribution in [2.75, 3.05) is 6.61 Å². The highest BCUT2D eigenvalue weighted by atomic mass is 16.6. The van der Waals surface area contributed by atoms with Gasteiger partial charge in [0.2, 0.25) is 0 Å². The van der Waals surface area contributed by atoms with Gasteiger partial charge in [0.1, 0.15) is 35.6 Å². The molecule has 5 rings (SSSR count). The fourth-order valence-corrected chi connectivity index (χ4v) is 8.47. The maximum Gasteiger partial charge on any atom is 0.344 e. The monoisotopic (exact) mass is 585 g/mol. The predicted octanol–water partition coefficient (Wildman–Crippen LogP) is 3.26. The summed E-state index contributed by atoms with van der Waals surface area (Å²) in [6.07, 6.45) is 1.90. The first-order chi connectivity index (χ1) is 19.7. The zero-order valence-corrected chi connectivity index (χ0v) is 25.5. The molecule has 3 N–H and O–H groups in total. The zero-order chi connectivity index (χ0) is 31.0. The van der Waals surface area contributed by atoms with E-state index in [0.717, 1.165) is 0 Å². The molecule has 8 atom stereocenters. The molecule has 0 aliphatic heterocycles. The van der Waals surface area contributed by atoms with Crippen LogP contribution in [0, 0.1) is 28.6 Å². The van der Waals surface area contributed by atoms with E-state index in [4.69, 9.17) is 14.0 Å². The standard InChI is InChI=1S/C32H43NO9/c1-8-11-22(34)41-31-14-17(5)30-13-16(4)25(35)32(30,39)26(36)18(12-19(27(30)37)24(31)29(31,6)7)15-40-28(38)23-20(9-2)33-42-21(23)10-3/h12-13,17,19,24-26,35-36,39H,8-11,14-15H2,1-7H3/t17?,19-,24+,25-,26+,30?,31-,32+/m0/s1. The Kier molecular flexibility index (Phi) is 7.39. The highest BCUT2D eigenvalue weighted by Crippen LogP contribution is 2.75. The van der Waals surface area contributed by atoms with Crippen molar-refractivity contribution in [3.05, 3.63) is 40.3 Å². The van der Waals surface area contributed by atoms with E-state index >= 15 is 0 Å². The van der Waals surface area contributed by atoms with Crippen molar-refractivity contribution in [1.82, 2.24) is 5.16 Å². The van der Waals surface area contributed by atoms with E-state index in [1.165, 1.54) is 0 Å². The van der Waals surface area contributed by atoms with Crippen molar-refractivity contribution in [2.45, 2.75) is 104 Å². The summed E-state index contributed by atoms with van der Waals surface area (Å²) in [6.45, 7) is 12.5. The van der Waals surface area contributed by atoms with Crippen LogP contribution >= 0.6 is 0 Å². The van der Waals surface area contributed by atoms with Crippen LogP contribution in [0.5, 0.6) is 0 Å². The molecular formula is C32H43NO9. The van der Waals surface area contributed by atoms with Crippen LogP contribution < -0.4 is 0 Å². The third kappa shape index (κ3) is 3.80. The van der Waals surface area contributed by atoms with E-state index in [-0.39, 0.29) is 35.7 Å². The van der Waals surface area contributed by atoms with Crippen LogP contribution in [-0.4, -0.2) is 68.2 Å². The Labute approximate surface area is 246 Å². The number of aliphatic hydroxyl groups excluding tert-OH is 2. The lowest BCUT2D eigenvalue weighted by Crippen LogP contribution is -2.65. The number of aliphatic hydroxyl groups is 3. The number of hydrogen-bond acceptors (Lipinski definition) is 10. The van der Waals surface area contributed by atoms with Crippen molar-refractivity contribution < 1.29 is 43.7 Å². The molecule has 2 bridgehead atoms. The number of nitrogens with zero attached hydrogens (tertiary/aromatic N) is 1. The van der Waals surface area contributed by atoms with Gasteiger partial charge < -0.3 is 29.3 Å². The van der Waals surface area contributed by atoms with E-state index in [1.807, 2.05) is 34.6 Å². The first-order valence-electron chi connectivity index (χ1n) is 15.1. The molecule has 42 heavy (non-hydrogen) atoms. The lowest BCUT2D eigenvalue weighted by molar-refractivity contribution is -0.191. The maximum absolute atomic E-state index is 14.7. The van der Waals surface area contributed by atoms with Crippen LogP contribution in [0.3, 0.4) is 0 Å². The van der Waals surface area contributed by atoms with Crippen LogP contribution in [-0.2, 0) is 31.9 Å². The fraction of sp³-hybridized carbons (Fsp3) is 0.688. The van der Waals surface area contributed by atoms with Crippen molar-refractivity contribution in [2.24, 2.45) is 28.6 Å². The quantitative estimate of drug-likeness (QED) is 0.306. The largest absolute Gasteiger partial charge is 0.458 e. The van der Waals surface area contributed by atoms with E-state index in [1.54, 1.807) is 26.0 Å². The Morgan fingerprint density at radius 1 is 1.14 bits per heavy atom. The molecule has 4 aliphatic rings. The van der Waals surface area contributed by atoms with Crippen LogP contribution in [0.1, 0.15) is 89.5 Å². The summed E-state index contributed by atoms with van der Waals surface area (Å²) in [5.41, 5.74) is -4.40. The van der Waals surface area contributed by atoms with Crippen LogP contribution in [0.2, 0.25) is 0 Å². The maximum atomic E-state index is 14.7. The molecule has 1 spiro atoms. The Balaban J connectivity index is 1.60. The number of ketones is 1. The predicted molar refractivity (Wildman–Crippen MR) is 150 cm³/mol. The molecule has 1 aromatic rings. The molecule has 0 amide bonds. The Morgan fingerprint density at radius 2 is 1.83 bits per heavy atom. The Bertz CT molecular complexity index is 1350. The van der Waals surface area contributed by atoms with Gasteiger partial charge in [-0.1, -0.05) is 58.9 Å². The van der Waals surface area contributed by atoms with E-state index in [2.05, 4.69) is 5.16 Å². The molecule has 1 aromatic heterocycles. The minimum absolute atomic E-state index is 0.103. The molecule has 2 unspecified atom stereocenters. The lowest BCUT2D eigenvalue weighted by Gasteiger charge is -2.48. The van der Waals surface area contributed by atoms with Crippen molar-refractivity contribution >= 4 is 17.7 Å². The Hall–Kier alpha value is -2.82. The van der Waals surface area contributed by atoms with Gasteiger partial charge in [-0.2, -0.15) is 0 Å². The second-order valence-corrected chi connectivity index (χ2v) is 13.1. The molecule has 0 aromatic carbocycles. The number of rotatable bonds is 8. The smallest absolute Gasteiger partial charge is 0.344 e. The van der Waals surface area contributed by atoms with Crippen molar-refractivity contribution in [3.63, 3.8) is 0 Å². The number of allylic oxidation sites excluding steroid dienone is 1. The van der Waals surface area contributed by atoms with Gasteiger partial charge in [0.25, 0.3) is 0 Å². The number of fused-ring (bicyclic) bond motifs is 3. The molecule has 1 heterocycles. The normalized spacial score (nSPS) is 38.0. The summed E-state index contributed by atoms with van der Waals surface area (Å²) in [5.74, 6) is -2.93. The molecule has 4 aliphatic carbocycles. The van der Waals surface area contributed by atoms with Crippen molar-refractivity contribution in [1.29, 1.82) is 0 Å². The SMILES string of the molecule is CCCC(=O)O[C@@]12CC(C)C34C=C(C)[C@H](O)[C@@]3(O)[C@H](O)C(COC(=O)c3c(CC)noc3CC)=C[C@H](C4=O)[C@@H]1C2(C)C. The highest BCUT2D eigenvalue weighted by molar-refractivity contribution is 5.96. The van der Waals surface area contributed by atoms with Crippen LogP contribution in [0.25, 0.3) is 0 Å². The molecule has 10 nitrogen and oxygen atoms in total. The number of aryl methyl sites for hydroxylation is 2. The number of aromatic nitrogens is 1. The number of carbonyl (C=O) groups excluding carboxylic acids is 3. The van der Waals surface area contributed by atoms with E-state index in [9.17, 15) is 29.7 Å². The first kappa shape index (κ1) is 30.6. The van der Waals surface area contributed by atoms with Gasteiger partial charge in [-0.3, -0.25) is 9.59 Å². The average Bonchev–Trinajstić information content (AvgIpc) is 3.19. The summed E-state index contributed by atoms with van der Waals surface area (Å²) >= 11 is 0. The Morgan fingerprint density at radius 3 is 2.45 bits per heavy atom. The van der Waals surface area contributed by atoms with Gasteiger partial charge >= 0.3 is 11.9 Å². The molecule has 230 valence electrons. The average molecular weight is 586 g/mol. The third-order valence-corrected chi connectivity index (χ3v) is 10.7. The fourth-order valence-electron chi connectivity index (χ4n) is 8.47. The van der Waals surface area contributed by atoms with Gasteiger partial charge in [-0.05, 0) is 43.3 Å². The molecular weight excluding hydrogens is 542 g/mol. The highest BCUT2D eigenvalue weighted by Gasteiger charge is 2.83. The first-order valence-corrected chi connectivity index (χ1v) is 15.1. The summed E-state index contributed by atoms with van der Waals surface area (Å²) < 4.78 is 17.2. The third-order valence-electron chi connectivity index (χ3n) is 10.7. The van der Waals surface area contributed by atoms with Gasteiger partial charge in [0, 0.05) is 30.1 Å². The number of ether oxygens (including phenoxy) is 2. The molecule has 2 fully saturated rings. The van der Waals surface area contributed by atoms with Crippen LogP contribution in [0.4, 0.5) is 0 Å². The second-order valence-electron chi connectivity index (χ2n) is 13.1. The molecule has 10 heteroatoms. The number of carbonyl (C=O) groups is 3. The summed E-state index contributed by atoms with van der Waals surface area (Å²) in [6, 6.07) is 0.